The van der Waals surface area contributed by atoms with E-state index in [0.717, 1.165) is 53.3 Å². The monoisotopic (exact) mass is 266 g/mol. The van der Waals surface area contributed by atoms with Crippen LogP contribution in [0.5, 0.6) is 0 Å². The lowest BCUT2D eigenvalue weighted by molar-refractivity contribution is 0.347. The van der Waals surface area contributed by atoms with Crippen molar-refractivity contribution in [3.05, 3.63) is 22.0 Å². The molecule has 18 heavy (non-hydrogen) atoms. The van der Waals surface area contributed by atoms with Gasteiger partial charge < -0.3 is 9.26 Å². The first-order valence-electron chi connectivity index (χ1n) is 6.29. The van der Waals surface area contributed by atoms with Crippen LogP contribution in [0.4, 0.5) is 0 Å². The molecule has 0 spiro atoms. The van der Waals surface area contributed by atoms with E-state index in [1.165, 1.54) is 0 Å². The molecule has 0 N–H and O–H groups in total. The van der Waals surface area contributed by atoms with Crippen LogP contribution in [0.25, 0.3) is 5.57 Å². The smallest absolute Gasteiger partial charge is 0.222 e. The Kier molecular flexibility index (Phi) is 3.12. The summed E-state index contributed by atoms with van der Waals surface area (Å²) in [4.78, 5) is 4.35. The summed E-state index contributed by atoms with van der Waals surface area (Å²) in [6.07, 6.45) is 4.16. The summed E-state index contributed by atoms with van der Waals surface area (Å²) >= 11 is 6.32. The highest BCUT2D eigenvalue weighted by Crippen LogP contribution is 2.36. The molecule has 3 rings (SSSR count). The standard InChI is InChI=1S/C13H15ClN2O2/c1-8-11(13-15-6-7-17-13)12(16-18-8)9-4-2-3-5-10(9)14/h2-7H2,1H3. The lowest BCUT2D eigenvalue weighted by Gasteiger charge is -2.15. The van der Waals surface area contributed by atoms with E-state index in [1.807, 2.05) is 6.92 Å². The zero-order valence-corrected chi connectivity index (χ0v) is 11.1. The maximum atomic E-state index is 6.32. The molecule has 1 aliphatic carbocycles. The van der Waals surface area contributed by atoms with Gasteiger partial charge in [-0.25, -0.2) is 4.99 Å². The van der Waals surface area contributed by atoms with E-state index < -0.39 is 0 Å². The second-order valence-corrected chi connectivity index (χ2v) is 5.04. The Morgan fingerprint density at radius 2 is 2.06 bits per heavy atom. The summed E-state index contributed by atoms with van der Waals surface area (Å²) in [6.45, 7) is 3.21. The van der Waals surface area contributed by atoms with E-state index >= 15 is 0 Å². The number of hydrogen-bond donors (Lipinski definition) is 0. The van der Waals surface area contributed by atoms with E-state index in [9.17, 15) is 0 Å². The average Bonchev–Trinajstić information content (AvgIpc) is 2.98. The van der Waals surface area contributed by atoms with Crippen LogP contribution in [-0.2, 0) is 4.74 Å². The minimum Gasteiger partial charge on any atom is -0.475 e. The van der Waals surface area contributed by atoms with Crippen molar-refractivity contribution in [2.45, 2.75) is 32.6 Å². The maximum absolute atomic E-state index is 6.32. The molecule has 96 valence electrons. The van der Waals surface area contributed by atoms with Gasteiger partial charge in [0.15, 0.2) is 0 Å². The van der Waals surface area contributed by atoms with Crippen molar-refractivity contribution in [2.75, 3.05) is 13.2 Å². The Bertz CT molecular complexity index is 531. The molecule has 0 fully saturated rings. The van der Waals surface area contributed by atoms with E-state index in [4.69, 9.17) is 20.9 Å². The van der Waals surface area contributed by atoms with Gasteiger partial charge in [0.25, 0.3) is 0 Å². The lowest BCUT2D eigenvalue weighted by atomic mass is 9.94. The SMILES string of the molecule is Cc1onc(C2=C(Cl)CCCC2)c1C1=NCCO1. The number of rotatable bonds is 2. The van der Waals surface area contributed by atoms with Gasteiger partial charge in [-0.3, -0.25) is 0 Å². The zero-order chi connectivity index (χ0) is 12.5. The molecule has 0 radical (unpaired) electrons. The fourth-order valence-corrected chi connectivity index (χ4v) is 2.75. The highest BCUT2D eigenvalue weighted by atomic mass is 35.5. The Balaban J connectivity index is 2.07. The summed E-state index contributed by atoms with van der Waals surface area (Å²) in [5, 5.41) is 5.05. The summed E-state index contributed by atoms with van der Waals surface area (Å²) in [6, 6.07) is 0. The Hall–Kier alpha value is -1.29. The molecule has 0 amide bonds. The van der Waals surface area contributed by atoms with E-state index in [-0.39, 0.29) is 0 Å². The fourth-order valence-electron chi connectivity index (χ4n) is 2.43. The van der Waals surface area contributed by atoms with Crippen molar-refractivity contribution >= 4 is 23.1 Å². The fraction of sp³-hybridized carbons (Fsp3) is 0.538. The predicted molar refractivity (Wildman–Crippen MR) is 69.8 cm³/mol. The van der Waals surface area contributed by atoms with Crippen LogP contribution in [0, 0.1) is 6.92 Å². The molecule has 0 saturated carbocycles. The number of allylic oxidation sites excluding steroid dienone is 2. The first-order chi connectivity index (χ1) is 8.77. The number of aliphatic imine (C=N–C) groups is 1. The van der Waals surface area contributed by atoms with Crippen molar-refractivity contribution < 1.29 is 9.26 Å². The van der Waals surface area contributed by atoms with Gasteiger partial charge in [-0.15, -0.1) is 0 Å². The Labute approximate surface area is 111 Å². The molecule has 1 aliphatic heterocycles. The van der Waals surface area contributed by atoms with Crippen molar-refractivity contribution in [3.63, 3.8) is 0 Å². The number of ether oxygens (including phenoxy) is 1. The van der Waals surface area contributed by atoms with Crippen LogP contribution in [0.15, 0.2) is 14.5 Å². The highest BCUT2D eigenvalue weighted by molar-refractivity contribution is 6.32. The third kappa shape index (κ3) is 1.94. The number of nitrogens with zero attached hydrogens (tertiary/aromatic N) is 2. The van der Waals surface area contributed by atoms with Crippen LogP contribution < -0.4 is 0 Å². The second kappa shape index (κ2) is 4.76. The molecule has 1 aromatic rings. The normalized spacial score (nSPS) is 20.0. The second-order valence-electron chi connectivity index (χ2n) is 4.59. The summed E-state index contributed by atoms with van der Waals surface area (Å²) in [7, 11) is 0. The molecular formula is C13H15ClN2O2. The first-order valence-corrected chi connectivity index (χ1v) is 6.67. The van der Waals surface area contributed by atoms with Crippen LogP contribution >= 0.6 is 11.6 Å². The Morgan fingerprint density at radius 3 is 2.78 bits per heavy atom. The van der Waals surface area contributed by atoms with Crippen molar-refractivity contribution in [2.24, 2.45) is 4.99 Å². The van der Waals surface area contributed by atoms with Gasteiger partial charge in [-0.1, -0.05) is 16.8 Å². The predicted octanol–water partition coefficient (Wildman–Crippen LogP) is 3.28. The highest BCUT2D eigenvalue weighted by Gasteiger charge is 2.26. The molecule has 0 aromatic carbocycles. The maximum Gasteiger partial charge on any atom is 0.222 e. The van der Waals surface area contributed by atoms with Crippen molar-refractivity contribution in [1.29, 1.82) is 0 Å². The van der Waals surface area contributed by atoms with Crippen LogP contribution in [0.3, 0.4) is 0 Å². The topological polar surface area (TPSA) is 47.6 Å². The molecule has 0 saturated heterocycles. The lowest BCUT2D eigenvalue weighted by Crippen LogP contribution is -2.07. The summed E-state index contributed by atoms with van der Waals surface area (Å²) in [5.41, 5.74) is 2.79. The van der Waals surface area contributed by atoms with Gasteiger partial charge >= 0.3 is 0 Å². The molecule has 2 heterocycles. The first kappa shape index (κ1) is 11.8. The molecule has 1 aromatic heterocycles. The third-order valence-electron chi connectivity index (χ3n) is 3.35. The van der Waals surface area contributed by atoms with E-state index in [1.54, 1.807) is 0 Å². The van der Waals surface area contributed by atoms with Crippen molar-refractivity contribution in [1.82, 2.24) is 5.16 Å². The van der Waals surface area contributed by atoms with Crippen LogP contribution in [-0.4, -0.2) is 24.2 Å². The minimum atomic E-state index is 0.631. The summed E-state index contributed by atoms with van der Waals surface area (Å²) < 4.78 is 10.8. The zero-order valence-electron chi connectivity index (χ0n) is 10.3. The molecule has 0 bridgehead atoms. The van der Waals surface area contributed by atoms with Gasteiger partial charge in [-0.2, -0.15) is 0 Å². The number of aromatic nitrogens is 1. The van der Waals surface area contributed by atoms with Crippen LogP contribution in [0.2, 0.25) is 0 Å². The quantitative estimate of drug-likeness (QED) is 0.825. The summed E-state index contributed by atoms with van der Waals surface area (Å²) in [5.74, 6) is 1.39. The molecular weight excluding hydrogens is 252 g/mol. The molecule has 2 aliphatic rings. The van der Waals surface area contributed by atoms with Crippen molar-refractivity contribution in [3.8, 4) is 0 Å². The number of aryl methyl sites for hydroxylation is 1. The molecule has 0 atom stereocenters. The number of halogens is 1. The molecule has 0 unspecified atom stereocenters. The average molecular weight is 267 g/mol. The van der Waals surface area contributed by atoms with Gasteiger partial charge in [0.05, 0.1) is 6.54 Å². The van der Waals surface area contributed by atoms with Crippen LogP contribution in [0.1, 0.15) is 42.7 Å². The molecule has 5 heteroatoms. The minimum absolute atomic E-state index is 0.631. The van der Waals surface area contributed by atoms with Gasteiger partial charge in [0.2, 0.25) is 5.90 Å². The number of hydrogen-bond acceptors (Lipinski definition) is 4. The Morgan fingerprint density at radius 1 is 1.22 bits per heavy atom. The largest absolute Gasteiger partial charge is 0.475 e. The van der Waals surface area contributed by atoms with E-state index in [2.05, 4.69) is 10.1 Å². The van der Waals surface area contributed by atoms with E-state index in [0.29, 0.717) is 19.0 Å². The molecule has 4 nitrogen and oxygen atoms in total. The third-order valence-corrected chi connectivity index (χ3v) is 3.77. The van der Waals surface area contributed by atoms with Gasteiger partial charge in [0.1, 0.15) is 23.6 Å². The van der Waals surface area contributed by atoms with Gasteiger partial charge in [-0.05, 0) is 38.2 Å². The van der Waals surface area contributed by atoms with Gasteiger partial charge in [0, 0.05) is 5.03 Å².